The summed E-state index contributed by atoms with van der Waals surface area (Å²) in [7, 11) is 0. The molecule has 2 atom stereocenters. The van der Waals surface area contributed by atoms with Crippen molar-refractivity contribution in [2.75, 3.05) is 13.2 Å². The van der Waals surface area contributed by atoms with Crippen molar-refractivity contribution in [3.05, 3.63) is 11.1 Å². The second-order valence-corrected chi connectivity index (χ2v) is 4.56. The third-order valence-corrected chi connectivity index (χ3v) is 3.12. The minimum Gasteiger partial charge on any atom is -0.478 e. The molecule has 0 spiro atoms. The summed E-state index contributed by atoms with van der Waals surface area (Å²) in [6.07, 6.45) is 1.82. The van der Waals surface area contributed by atoms with E-state index in [4.69, 9.17) is 19.7 Å². The SMILES string of the molecule is O=C(O)/C(CCC1CO1)=C(/CCC1CO1)C(=O)O. The molecule has 0 radical (unpaired) electrons. The van der Waals surface area contributed by atoms with E-state index in [1.54, 1.807) is 0 Å². The number of aliphatic carboxylic acids is 2. The Morgan fingerprint density at radius 1 is 0.889 bits per heavy atom. The van der Waals surface area contributed by atoms with Gasteiger partial charge in [0.05, 0.1) is 25.4 Å². The van der Waals surface area contributed by atoms with Crippen LogP contribution in [0.5, 0.6) is 0 Å². The minimum atomic E-state index is -1.15. The number of ether oxygens (including phenoxy) is 2. The lowest BCUT2D eigenvalue weighted by atomic mass is 9.98. The first-order valence-electron chi connectivity index (χ1n) is 5.99. The lowest BCUT2D eigenvalue weighted by Crippen LogP contribution is -2.13. The Morgan fingerprint density at radius 2 is 1.22 bits per heavy atom. The molecule has 2 aliphatic rings. The number of hydrogen-bond donors (Lipinski definition) is 2. The Kier molecular flexibility index (Phi) is 3.98. The van der Waals surface area contributed by atoms with Gasteiger partial charge in [-0.1, -0.05) is 0 Å². The van der Waals surface area contributed by atoms with E-state index in [0.717, 1.165) is 0 Å². The van der Waals surface area contributed by atoms with Crippen molar-refractivity contribution in [3.63, 3.8) is 0 Å². The molecule has 2 heterocycles. The molecule has 2 aliphatic heterocycles. The maximum Gasteiger partial charge on any atom is 0.332 e. The van der Waals surface area contributed by atoms with Gasteiger partial charge in [0.2, 0.25) is 0 Å². The Bertz CT molecular complexity index is 342. The molecule has 2 saturated heterocycles. The second-order valence-electron chi connectivity index (χ2n) is 4.56. The van der Waals surface area contributed by atoms with Crippen LogP contribution in [-0.4, -0.2) is 47.6 Å². The summed E-state index contributed by atoms with van der Waals surface area (Å²) < 4.78 is 10.0. The molecule has 2 N–H and O–H groups in total. The zero-order valence-corrected chi connectivity index (χ0v) is 9.92. The topological polar surface area (TPSA) is 99.7 Å². The fraction of sp³-hybridized carbons (Fsp3) is 0.667. The molecule has 0 amide bonds. The van der Waals surface area contributed by atoms with E-state index >= 15 is 0 Å². The van der Waals surface area contributed by atoms with Crippen LogP contribution in [-0.2, 0) is 19.1 Å². The highest BCUT2D eigenvalue weighted by Gasteiger charge is 2.28. The molecular weight excluding hydrogens is 240 g/mol. The molecule has 2 unspecified atom stereocenters. The maximum absolute atomic E-state index is 11.1. The molecule has 18 heavy (non-hydrogen) atoms. The highest BCUT2D eigenvalue weighted by atomic mass is 16.6. The highest BCUT2D eigenvalue weighted by Crippen LogP contribution is 2.25. The molecule has 0 aromatic carbocycles. The van der Waals surface area contributed by atoms with Gasteiger partial charge < -0.3 is 19.7 Å². The summed E-state index contributed by atoms with van der Waals surface area (Å²) in [5.41, 5.74) is -0.00250. The Labute approximate surface area is 104 Å². The molecule has 6 heteroatoms. The Hall–Kier alpha value is -1.40. The quantitative estimate of drug-likeness (QED) is 0.492. The van der Waals surface area contributed by atoms with Gasteiger partial charge in [0.1, 0.15) is 0 Å². The second kappa shape index (κ2) is 5.49. The fourth-order valence-electron chi connectivity index (χ4n) is 1.85. The summed E-state index contributed by atoms with van der Waals surface area (Å²) in [4.78, 5) is 22.3. The predicted octanol–water partition coefficient (Wildman–Crippen LogP) is 0.810. The highest BCUT2D eigenvalue weighted by molar-refractivity contribution is 5.98. The fourth-order valence-corrected chi connectivity index (χ4v) is 1.85. The van der Waals surface area contributed by atoms with Crippen LogP contribution >= 0.6 is 0 Å². The summed E-state index contributed by atoms with van der Waals surface area (Å²) in [5, 5.41) is 18.2. The summed E-state index contributed by atoms with van der Waals surface area (Å²) in [6, 6.07) is 0. The molecule has 0 aromatic heterocycles. The number of carboxylic acids is 2. The molecule has 0 aromatic rings. The van der Waals surface area contributed by atoms with E-state index in [-0.39, 0.29) is 36.2 Å². The molecule has 0 saturated carbocycles. The average molecular weight is 256 g/mol. The largest absolute Gasteiger partial charge is 0.478 e. The third kappa shape index (κ3) is 3.82. The number of hydrogen-bond acceptors (Lipinski definition) is 4. The maximum atomic E-state index is 11.1. The van der Waals surface area contributed by atoms with Gasteiger partial charge in [-0.3, -0.25) is 0 Å². The Morgan fingerprint density at radius 3 is 1.44 bits per heavy atom. The van der Waals surface area contributed by atoms with E-state index in [0.29, 0.717) is 26.1 Å². The van der Waals surface area contributed by atoms with Crippen LogP contribution in [0.25, 0.3) is 0 Å². The predicted molar refractivity (Wildman–Crippen MR) is 60.2 cm³/mol. The van der Waals surface area contributed by atoms with E-state index < -0.39 is 11.9 Å². The zero-order chi connectivity index (χ0) is 13.1. The van der Waals surface area contributed by atoms with Crippen molar-refractivity contribution in [2.45, 2.75) is 37.9 Å². The number of rotatable bonds is 8. The standard InChI is InChI=1S/C12H16O6/c13-11(14)9(3-1-7-5-17-7)10(12(15)16)4-2-8-6-18-8/h7-8H,1-6H2,(H,13,14)(H,15,16)/b10-9-. The van der Waals surface area contributed by atoms with Gasteiger partial charge >= 0.3 is 11.9 Å². The van der Waals surface area contributed by atoms with E-state index in [1.165, 1.54) is 0 Å². The van der Waals surface area contributed by atoms with Gasteiger partial charge in [-0.25, -0.2) is 9.59 Å². The molecule has 6 nitrogen and oxygen atoms in total. The zero-order valence-electron chi connectivity index (χ0n) is 9.92. The van der Waals surface area contributed by atoms with Crippen LogP contribution in [0.3, 0.4) is 0 Å². The van der Waals surface area contributed by atoms with Crippen LogP contribution in [0.2, 0.25) is 0 Å². The minimum absolute atomic E-state index is 0.00125. The monoisotopic (exact) mass is 256 g/mol. The van der Waals surface area contributed by atoms with Crippen molar-refractivity contribution in [2.24, 2.45) is 0 Å². The molecule has 0 bridgehead atoms. The summed E-state index contributed by atoms with van der Waals surface area (Å²) in [6.45, 7) is 1.29. The average Bonchev–Trinajstić information content (AvgIpc) is 3.12. The lowest BCUT2D eigenvalue weighted by Gasteiger charge is -2.07. The normalized spacial score (nSPS) is 26.4. The summed E-state index contributed by atoms with van der Waals surface area (Å²) >= 11 is 0. The van der Waals surface area contributed by atoms with Gasteiger partial charge in [0.25, 0.3) is 0 Å². The van der Waals surface area contributed by atoms with Crippen LogP contribution in [0, 0.1) is 0 Å². The molecular formula is C12H16O6. The van der Waals surface area contributed by atoms with Crippen LogP contribution in [0.15, 0.2) is 11.1 Å². The first-order chi connectivity index (χ1) is 8.58. The molecule has 2 fully saturated rings. The number of epoxide rings is 2. The van der Waals surface area contributed by atoms with Gasteiger partial charge in [0.15, 0.2) is 0 Å². The first-order valence-corrected chi connectivity index (χ1v) is 5.99. The molecule has 0 aliphatic carbocycles. The van der Waals surface area contributed by atoms with Crippen molar-refractivity contribution in [3.8, 4) is 0 Å². The van der Waals surface area contributed by atoms with Crippen molar-refractivity contribution in [1.82, 2.24) is 0 Å². The van der Waals surface area contributed by atoms with Gasteiger partial charge in [0, 0.05) is 11.1 Å². The van der Waals surface area contributed by atoms with E-state index in [2.05, 4.69) is 0 Å². The van der Waals surface area contributed by atoms with Crippen molar-refractivity contribution >= 4 is 11.9 Å². The van der Waals surface area contributed by atoms with Crippen LogP contribution in [0.1, 0.15) is 25.7 Å². The smallest absolute Gasteiger partial charge is 0.332 e. The van der Waals surface area contributed by atoms with Crippen molar-refractivity contribution < 1.29 is 29.3 Å². The first kappa shape index (κ1) is 13.0. The van der Waals surface area contributed by atoms with E-state index in [9.17, 15) is 9.59 Å². The van der Waals surface area contributed by atoms with Gasteiger partial charge in [-0.15, -0.1) is 0 Å². The number of carbonyl (C=O) groups is 2. The molecule has 2 rings (SSSR count). The Balaban J connectivity index is 2.03. The van der Waals surface area contributed by atoms with Crippen LogP contribution in [0.4, 0.5) is 0 Å². The number of carboxylic acid groups (broad SMARTS) is 2. The third-order valence-electron chi connectivity index (χ3n) is 3.12. The van der Waals surface area contributed by atoms with Crippen molar-refractivity contribution in [1.29, 1.82) is 0 Å². The van der Waals surface area contributed by atoms with Gasteiger partial charge in [-0.05, 0) is 25.7 Å². The molecule has 100 valence electrons. The summed E-state index contributed by atoms with van der Waals surface area (Å²) in [5.74, 6) is -2.30. The van der Waals surface area contributed by atoms with Crippen LogP contribution < -0.4 is 0 Å². The lowest BCUT2D eigenvalue weighted by molar-refractivity contribution is -0.136. The van der Waals surface area contributed by atoms with E-state index in [1.807, 2.05) is 0 Å². The van der Waals surface area contributed by atoms with Gasteiger partial charge in [-0.2, -0.15) is 0 Å².